The molecule has 3 N–H and O–H groups in total. The molecule has 4 nitrogen and oxygen atoms in total. The van der Waals surface area contributed by atoms with Crippen LogP contribution in [0.2, 0.25) is 0 Å². The zero-order valence-corrected chi connectivity index (χ0v) is 14.0. The summed E-state index contributed by atoms with van der Waals surface area (Å²) in [5.74, 6) is 0.922. The van der Waals surface area contributed by atoms with E-state index in [1.807, 2.05) is 20.8 Å². The fourth-order valence-corrected chi connectivity index (χ4v) is 3.44. The first-order valence-corrected chi connectivity index (χ1v) is 8.08. The largest absolute Gasteiger partial charge is 0.349 e. The zero-order chi connectivity index (χ0) is 15.3. The van der Waals surface area contributed by atoms with Crippen molar-refractivity contribution in [2.45, 2.75) is 53.5 Å². The number of rotatable bonds is 7. The molecule has 20 heavy (non-hydrogen) atoms. The molecule has 0 saturated carbocycles. The lowest BCUT2D eigenvalue weighted by Crippen LogP contribution is -2.30. The molecule has 1 rings (SSSR count). The summed E-state index contributed by atoms with van der Waals surface area (Å²) in [7, 11) is 0. The molecular formula is C15H27N3OS. The summed E-state index contributed by atoms with van der Waals surface area (Å²) in [5, 5.41) is 4.10. The minimum absolute atomic E-state index is 0.0196. The van der Waals surface area contributed by atoms with Gasteiger partial charge in [0.05, 0.1) is 16.7 Å². The first kappa shape index (κ1) is 17.1. The highest BCUT2D eigenvalue weighted by Crippen LogP contribution is 2.24. The molecule has 2 atom stereocenters. The molecule has 1 amide bonds. The van der Waals surface area contributed by atoms with Crippen LogP contribution in [0.25, 0.3) is 0 Å². The summed E-state index contributed by atoms with van der Waals surface area (Å²) in [5.41, 5.74) is 6.76. The molecular weight excluding hydrogens is 270 g/mol. The van der Waals surface area contributed by atoms with Crippen molar-refractivity contribution in [1.29, 1.82) is 0 Å². The average molecular weight is 297 g/mol. The van der Waals surface area contributed by atoms with E-state index in [1.54, 1.807) is 11.3 Å². The van der Waals surface area contributed by atoms with E-state index in [1.165, 1.54) is 0 Å². The molecule has 0 radical (unpaired) electrons. The molecule has 114 valence electrons. The Labute approximate surface area is 126 Å². The fraction of sp³-hybridized carbons (Fsp3) is 0.733. The van der Waals surface area contributed by atoms with Crippen LogP contribution in [0.5, 0.6) is 0 Å². The van der Waals surface area contributed by atoms with Crippen LogP contribution in [0.15, 0.2) is 0 Å². The Hall–Kier alpha value is -0.940. The monoisotopic (exact) mass is 297 g/mol. The molecule has 1 aromatic heterocycles. The summed E-state index contributed by atoms with van der Waals surface area (Å²) >= 11 is 1.65. The number of hydrogen-bond donors (Lipinski definition) is 2. The van der Waals surface area contributed by atoms with Crippen molar-refractivity contribution in [3.05, 3.63) is 15.6 Å². The smallest absolute Gasteiger partial charge is 0.220 e. The zero-order valence-electron chi connectivity index (χ0n) is 13.2. The molecule has 1 heterocycles. The van der Waals surface area contributed by atoms with E-state index in [-0.39, 0.29) is 17.9 Å². The van der Waals surface area contributed by atoms with Gasteiger partial charge in [-0.3, -0.25) is 4.79 Å². The van der Waals surface area contributed by atoms with Crippen molar-refractivity contribution in [2.75, 3.05) is 6.54 Å². The molecule has 1 aromatic rings. The van der Waals surface area contributed by atoms with Crippen LogP contribution in [0.4, 0.5) is 0 Å². The maximum absolute atomic E-state index is 12.1. The molecule has 0 saturated heterocycles. The Morgan fingerprint density at radius 3 is 2.45 bits per heavy atom. The molecule has 0 bridgehead atoms. The maximum atomic E-state index is 12.1. The van der Waals surface area contributed by atoms with Gasteiger partial charge in [-0.05, 0) is 45.6 Å². The van der Waals surface area contributed by atoms with Gasteiger partial charge in [-0.15, -0.1) is 11.3 Å². The first-order valence-electron chi connectivity index (χ1n) is 7.26. The Bertz CT molecular complexity index is 442. The number of hydrogen-bond acceptors (Lipinski definition) is 4. The van der Waals surface area contributed by atoms with E-state index in [2.05, 4.69) is 24.1 Å². The normalized spacial score (nSPS) is 14.3. The third-order valence-corrected chi connectivity index (χ3v) is 4.58. The topological polar surface area (TPSA) is 68.0 Å². The summed E-state index contributed by atoms with van der Waals surface area (Å²) in [4.78, 5) is 17.7. The minimum atomic E-state index is 0.0196. The number of nitrogens with zero attached hydrogens (tertiary/aromatic N) is 1. The van der Waals surface area contributed by atoms with E-state index in [9.17, 15) is 4.79 Å². The van der Waals surface area contributed by atoms with Crippen molar-refractivity contribution in [3.8, 4) is 0 Å². The molecule has 5 heteroatoms. The molecule has 0 aliphatic carbocycles. The average Bonchev–Trinajstić information content (AvgIpc) is 2.66. The number of aryl methyl sites for hydroxylation is 2. The summed E-state index contributed by atoms with van der Waals surface area (Å²) in [6, 6.07) is 0.0196. The minimum Gasteiger partial charge on any atom is -0.349 e. The van der Waals surface area contributed by atoms with Gasteiger partial charge in [0.15, 0.2) is 0 Å². The number of amides is 1. The second-order valence-electron chi connectivity index (χ2n) is 5.91. The maximum Gasteiger partial charge on any atom is 0.220 e. The van der Waals surface area contributed by atoms with E-state index < -0.39 is 0 Å². The van der Waals surface area contributed by atoms with Crippen molar-refractivity contribution in [2.24, 2.45) is 17.6 Å². The second kappa shape index (κ2) is 7.74. The van der Waals surface area contributed by atoms with Crippen molar-refractivity contribution in [3.63, 3.8) is 0 Å². The van der Waals surface area contributed by atoms with Gasteiger partial charge in [0.2, 0.25) is 5.91 Å². The van der Waals surface area contributed by atoms with E-state index in [0.29, 0.717) is 18.9 Å². The van der Waals surface area contributed by atoms with E-state index in [0.717, 1.165) is 22.0 Å². The van der Waals surface area contributed by atoms with Gasteiger partial charge in [0.1, 0.15) is 0 Å². The third-order valence-electron chi connectivity index (χ3n) is 3.32. The second-order valence-corrected chi connectivity index (χ2v) is 7.14. The highest BCUT2D eigenvalue weighted by atomic mass is 32.1. The molecule has 0 aromatic carbocycles. The van der Waals surface area contributed by atoms with Crippen molar-refractivity contribution < 1.29 is 4.79 Å². The van der Waals surface area contributed by atoms with Gasteiger partial charge in [0.25, 0.3) is 0 Å². The van der Waals surface area contributed by atoms with Crippen LogP contribution in [0, 0.1) is 25.7 Å². The third kappa shape index (κ3) is 5.21. The van der Waals surface area contributed by atoms with Crippen LogP contribution in [0.1, 0.15) is 55.2 Å². The van der Waals surface area contributed by atoms with Crippen molar-refractivity contribution >= 4 is 17.2 Å². The number of aromatic nitrogens is 1. The van der Waals surface area contributed by atoms with Crippen LogP contribution >= 0.6 is 11.3 Å². The Morgan fingerprint density at radius 1 is 1.35 bits per heavy atom. The lowest BCUT2D eigenvalue weighted by molar-refractivity contribution is -0.122. The predicted octanol–water partition coefficient (Wildman–Crippen LogP) is 2.95. The van der Waals surface area contributed by atoms with Gasteiger partial charge in [-0.1, -0.05) is 13.8 Å². The summed E-state index contributed by atoms with van der Waals surface area (Å²) < 4.78 is 0. The molecule has 0 aliphatic rings. The SMILES string of the molecule is Cc1nc(C)c(C(C)NC(=O)C[C@@H](CN)CC(C)C)s1. The number of nitrogens with one attached hydrogen (secondary N) is 1. The lowest BCUT2D eigenvalue weighted by atomic mass is 9.94. The van der Waals surface area contributed by atoms with Gasteiger partial charge in [0, 0.05) is 11.3 Å². The van der Waals surface area contributed by atoms with Crippen LogP contribution in [-0.2, 0) is 4.79 Å². The highest BCUT2D eigenvalue weighted by molar-refractivity contribution is 7.11. The predicted molar refractivity (Wildman–Crippen MR) is 84.8 cm³/mol. The lowest BCUT2D eigenvalue weighted by Gasteiger charge is -2.18. The fourth-order valence-electron chi connectivity index (χ4n) is 2.51. The van der Waals surface area contributed by atoms with Gasteiger partial charge in [-0.25, -0.2) is 4.98 Å². The van der Waals surface area contributed by atoms with Crippen LogP contribution < -0.4 is 11.1 Å². The van der Waals surface area contributed by atoms with Gasteiger partial charge >= 0.3 is 0 Å². The number of carbonyl (C=O) groups excluding carboxylic acids is 1. The number of carbonyl (C=O) groups is 1. The first-order chi connectivity index (χ1) is 9.33. The van der Waals surface area contributed by atoms with Gasteiger partial charge in [-0.2, -0.15) is 0 Å². The summed E-state index contributed by atoms with van der Waals surface area (Å²) in [6.07, 6.45) is 1.51. The quantitative estimate of drug-likeness (QED) is 0.813. The number of thiazole rings is 1. The van der Waals surface area contributed by atoms with E-state index in [4.69, 9.17) is 5.73 Å². The van der Waals surface area contributed by atoms with Crippen LogP contribution in [0.3, 0.4) is 0 Å². The highest BCUT2D eigenvalue weighted by Gasteiger charge is 2.18. The Balaban J connectivity index is 2.55. The Kier molecular flexibility index (Phi) is 6.62. The Morgan fingerprint density at radius 2 is 2.00 bits per heavy atom. The molecule has 0 spiro atoms. The van der Waals surface area contributed by atoms with Crippen LogP contribution in [-0.4, -0.2) is 17.4 Å². The van der Waals surface area contributed by atoms with Crippen molar-refractivity contribution in [1.82, 2.24) is 10.3 Å². The molecule has 0 aliphatic heterocycles. The molecule has 1 unspecified atom stereocenters. The van der Waals surface area contributed by atoms with E-state index >= 15 is 0 Å². The standard InChI is InChI=1S/C15H27N3OS/c1-9(2)6-13(8-16)7-14(19)18-11(4)15-10(3)17-12(5)20-15/h9,11,13H,6-8,16H2,1-5H3,(H,18,19)/t11?,13-/m0/s1. The number of nitrogens with two attached hydrogens (primary N) is 1. The van der Waals surface area contributed by atoms with Gasteiger partial charge < -0.3 is 11.1 Å². The molecule has 0 fully saturated rings. The summed E-state index contributed by atoms with van der Waals surface area (Å²) in [6.45, 7) is 10.9.